The minimum Gasteiger partial charge on any atom is -0.490 e. The summed E-state index contributed by atoms with van der Waals surface area (Å²) in [6.45, 7) is 2.73. The monoisotopic (exact) mass is 566 g/mol. The molecule has 0 aliphatic carbocycles. The van der Waals surface area contributed by atoms with Crippen molar-refractivity contribution in [3.63, 3.8) is 0 Å². The van der Waals surface area contributed by atoms with Gasteiger partial charge in [0.2, 0.25) is 0 Å². The molecule has 0 bridgehead atoms. The van der Waals surface area contributed by atoms with Crippen LogP contribution in [-0.2, 0) is 0 Å². The molecule has 0 aliphatic rings. The highest BCUT2D eigenvalue weighted by Crippen LogP contribution is 2.34. The molecule has 6 nitrogen and oxygen atoms in total. The second-order valence-corrected chi connectivity index (χ2v) is 10.2. The summed E-state index contributed by atoms with van der Waals surface area (Å²) in [5.41, 5.74) is 6.39. The van der Waals surface area contributed by atoms with Gasteiger partial charge in [-0.3, -0.25) is 4.79 Å². The Morgan fingerprint density at radius 2 is 1.76 bits per heavy atom. The van der Waals surface area contributed by atoms with Crippen LogP contribution in [0.3, 0.4) is 0 Å². The van der Waals surface area contributed by atoms with Crippen LogP contribution in [0, 0.1) is 0 Å². The van der Waals surface area contributed by atoms with Crippen molar-refractivity contribution >= 4 is 57.5 Å². The molecule has 0 spiro atoms. The quantitative estimate of drug-likeness (QED) is 0.102. The topological polar surface area (TPSA) is 75.6 Å². The van der Waals surface area contributed by atoms with Crippen LogP contribution in [0.2, 0.25) is 10.0 Å². The molecular formula is C29H28Cl2N4O2S. The van der Waals surface area contributed by atoms with Crippen molar-refractivity contribution in [1.29, 1.82) is 0 Å². The first-order valence-corrected chi connectivity index (χ1v) is 14.0. The zero-order chi connectivity index (χ0) is 26.7. The zero-order valence-corrected chi connectivity index (χ0v) is 23.2. The number of nitrogens with zero attached hydrogens (tertiary/aromatic N) is 2. The molecule has 0 aliphatic heterocycles. The molecule has 4 rings (SSSR count). The van der Waals surface area contributed by atoms with E-state index in [1.54, 1.807) is 24.3 Å². The fraction of sp³-hybridized carbons (Fsp3) is 0.207. The Balaban J connectivity index is 1.31. The summed E-state index contributed by atoms with van der Waals surface area (Å²) >= 11 is 14.2. The molecule has 1 amide bonds. The van der Waals surface area contributed by atoms with Crippen LogP contribution < -0.4 is 15.5 Å². The average Bonchev–Trinajstić information content (AvgIpc) is 3.39. The van der Waals surface area contributed by atoms with Gasteiger partial charge < -0.3 is 10.1 Å². The van der Waals surface area contributed by atoms with Gasteiger partial charge in [0, 0.05) is 22.2 Å². The molecule has 0 radical (unpaired) electrons. The zero-order valence-electron chi connectivity index (χ0n) is 20.9. The highest BCUT2D eigenvalue weighted by Gasteiger charge is 2.10. The van der Waals surface area contributed by atoms with E-state index in [-0.39, 0.29) is 5.91 Å². The summed E-state index contributed by atoms with van der Waals surface area (Å²) in [5, 5.41) is 10.9. The maximum atomic E-state index is 12.6. The number of thiazole rings is 1. The van der Waals surface area contributed by atoms with Crippen LogP contribution in [0.15, 0.2) is 77.2 Å². The number of ether oxygens (including phenoxy) is 1. The van der Waals surface area contributed by atoms with Gasteiger partial charge in [-0.15, -0.1) is 11.3 Å². The molecule has 38 heavy (non-hydrogen) atoms. The van der Waals surface area contributed by atoms with Crippen molar-refractivity contribution < 1.29 is 9.53 Å². The Morgan fingerprint density at radius 3 is 2.47 bits per heavy atom. The Hall–Kier alpha value is -3.39. The van der Waals surface area contributed by atoms with E-state index in [1.807, 2.05) is 47.8 Å². The fourth-order valence-corrected chi connectivity index (χ4v) is 4.98. The fourth-order valence-electron chi connectivity index (χ4n) is 3.63. The highest BCUT2D eigenvalue weighted by atomic mass is 35.5. The molecule has 0 saturated carbocycles. The minimum absolute atomic E-state index is 0.332. The van der Waals surface area contributed by atoms with E-state index in [4.69, 9.17) is 27.9 Å². The summed E-state index contributed by atoms with van der Waals surface area (Å²) in [7, 11) is 0. The highest BCUT2D eigenvalue weighted by molar-refractivity contribution is 7.14. The molecule has 0 atom stereocenters. The Kier molecular flexibility index (Phi) is 10.1. The van der Waals surface area contributed by atoms with Gasteiger partial charge in [-0.2, -0.15) is 5.10 Å². The predicted octanol–water partition coefficient (Wildman–Crippen LogP) is 8.58. The lowest BCUT2D eigenvalue weighted by Gasteiger charge is -2.10. The third kappa shape index (κ3) is 7.81. The predicted molar refractivity (Wildman–Crippen MR) is 158 cm³/mol. The van der Waals surface area contributed by atoms with Gasteiger partial charge in [0.15, 0.2) is 10.9 Å². The van der Waals surface area contributed by atoms with Crippen molar-refractivity contribution in [3.8, 4) is 17.0 Å². The van der Waals surface area contributed by atoms with E-state index in [1.165, 1.54) is 24.0 Å². The maximum Gasteiger partial charge on any atom is 0.271 e. The second kappa shape index (κ2) is 14.0. The number of para-hydroxylation sites is 1. The largest absolute Gasteiger partial charge is 0.490 e. The van der Waals surface area contributed by atoms with Gasteiger partial charge in [-0.25, -0.2) is 10.4 Å². The first-order valence-electron chi connectivity index (χ1n) is 12.4. The van der Waals surface area contributed by atoms with Crippen LogP contribution in [0.4, 0.5) is 10.8 Å². The lowest BCUT2D eigenvalue weighted by molar-refractivity contribution is 0.0955. The normalized spacial score (nSPS) is 11.0. The SMILES string of the molecule is CCCCCCOc1c(Cl)cc(/C=N/NC(=O)c2ccc(-c3csc(Nc4ccccc4)n3)cc2)cc1Cl. The number of hydrazone groups is 1. The van der Waals surface area contributed by atoms with Crippen molar-refractivity contribution in [3.05, 3.63) is 93.3 Å². The van der Waals surface area contributed by atoms with E-state index >= 15 is 0 Å². The van der Waals surface area contributed by atoms with Gasteiger partial charge >= 0.3 is 0 Å². The van der Waals surface area contributed by atoms with Crippen molar-refractivity contribution in [2.45, 2.75) is 32.6 Å². The molecular weight excluding hydrogens is 539 g/mol. The van der Waals surface area contributed by atoms with E-state index in [0.717, 1.165) is 41.3 Å². The molecule has 4 aromatic rings. The third-order valence-corrected chi connectivity index (χ3v) is 6.94. The van der Waals surface area contributed by atoms with E-state index in [9.17, 15) is 4.79 Å². The summed E-state index contributed by atoms with van der Waals surface area (Å²) in [6.07, 6.45) is 5.89. The first-order chi connectivity index (χ1) is 18.5. The van der Waals surface area contributed by atoms with Gasteiger partial charge in [0.1, 0.15) is 0 Å². The number of hydrogen-bond donors (Lipinski definition) is 2. The molecule has 0 saturated heterocycles. The molecule has 0 unspecified atom stereocenters. The summed E-state index contributed by atoms with van der Waals surface area (Å²) in [6, 6.07) is 20.5. The Bertz CT molecular complexity index is 1350. The van der Waals surface area contributed by atoms with Crippen LogP contribution >= 0.6 is 34.5 Å². The molecule has 3 aromatic carbocycles. The lowest BCUT2D eigenvalue weighted by atomic mass is 10.1. The second-order valence-electron chi connectivity index (χ2n) is 8.53. The number of benzene rings is 3. The standard InChI is InChI=1S/C29H28Cl2N4O2S/c1-2-3-4-8-15-37-27-24(30)16-20(17-25(27)31)18-32-35-28(36)22-13-11-21(12-14-22)26-19-38-29(34-26)33-23-9-6-5-7-10-23/h5-7,9-14,16-19H,2-4,8,15H2,1H3,(H,33,34)(H,35,36)/b32-18+. The van der Waals surface area contributed by atoms with Gasteiger partial charge in [-0.05, 0) is 48.4 Å². The number of amides is 1. The van der Waals surface area contributed by atoms with E-state index in [2.05, 4.69) is 27.8 Å². The van der Waals surface area contributed by atoms with Crippen LogP contribution in [0.25, 0.3) is 11.3 Å². The molecule has 1 heterocycles. The molecule has 0 fully saturated rings. The van der Waals surface area contributed by atoms with Crippen LogP contribution in [-0.4, -0.2) is 23.7 Å². The van der Waals surface area contributed by atoms with Crippen molar-refractivity contribution in [1.82, 2.24) is 10.4 Å². The average molecular weight is 568 g/mol. The molecule has 1 aromatic heterocycles. The van der Waals surface area contributed by atoms with Gasteiger partial charge in [-0.1, -0.05) is 79.7 Å². The minimum atomic E-state index is -0.332. The number of carbonyl (C=O) groups is 1. The number of unbranched alkanes of at least 4 members (excludes halogenated alkanes) is 3. The number of hydrogen-bond acceptors (Lipinski definition) is 6. The lowest BCUT2D eigenvalue weighted by Crippen LogP contribution is -2.17. The van der Waals surface area contributed by atoms with E-state index < -0.39 is 0 Å². The van der Waals surface area contributed by atoms with Crippen LogP contribution in [0.1, 0.15) is 48.5 Å². The molecule has 196 valence electrons. The van der Waals surface area contributed by atoms with Crippen LogP contribution in [0.5, 0.6) is 5.75 Å². The first kappa shape index (κ1) is 27.6. The third-order valence-electron chi connectivity index (χ3n) is 5.62. The number of aromatic nitrogens is 1. The molecule has 9 heteroatoms. The maximum absolute atomic E-state index is 12.6. The number of anilines is 2. The van der Waals surface area contributed by atoms with E-state index in [0.29, 0.717) is 33.5 Å². The number of halogens is 2. The van der Waals surface area contributed by atoms with Crippen molar-refractivity contribution in [2.75, 3.05) is 11.9 Å². The Morgan fingerprint density at radius 1 is 1.03 bits per heavy atom. The number of carbonyl (C=O) groups excluding carboxylic acids is 1. The Labute approximate surface area is 236 Å². The number of rotatable bonds is 12. The molecule has 2 N–H and O–H groups in total. The van der Waals surface area contributed by atoms with Gasteiger partial charge in [0.25, 0.3) is 5.91 Å². The summed E-state index contributed by atoms with van der Waals surface area (Å²) in [4.78, 5) is 17.2. The summed E-state index contributed by atoms with van der Waals surface area (Å²) < 4.78 is 5.75. The van der Waals surface area contributed by atoms with Crippen molar-refractivity contribution in [2.24, 2.45) is 5.10 Å². The number of nitrogens with one attached hydrogen (secondary N) is 2. The summed E-state index contributed by atoms with van der Waals surface area (Å²) in [5.74, 6) is 0.135. The van der Waals surface area contributed by atoms with Gasteiger partial charge in [0.05, 0.1) is 28.6 Å². The smallest absolute Gasteiger partial charge is 0.271 e.